The van der Waals surface area contributed by atoms with Crippen molar-refractivity contribution in [3.8, 4) is 44.5 Å². The molecule has 5 aromatic rings. The first-order valence-corrected chi connectivity index (χ1v) is 14.9. The highest BCUT2D eigenvalue weighted by molar-refractivity contribution is 6.62. The summed E-state index contributed by atoms with van der Waals surface area (Å²) in [5.74, 6) is 0. The molecule has 0 saturated carbocycles. The van der Waals surface area contributed by atoms with Crippen LogP contribution < -0.4 is 5.46 Å². The topological polar surface area (TPSA) is 18.5 Å². The smallest absolute Gasteiger partial charge is 0.399 e. The molecule has 0 aromatic heterocycles. The standard InChI is InChI=1S/C39H37BO2/c1-37(2)35-15-11-10-14-33(35)34-21-20-29(25-36(34)37)31-22-30(23-32(24-31)40-41-38(3,4)39(5,6)42-40)28-18-16-27(17-19-28)26-12-8-7-9-13-26/h7-25H,1-6H3. The van der Waals surface area contributed by atoms with E-state index >= 15 is 0 Å². The molecule has 5 aromatic carbocycles. The molecule has 0 unspecified atom stereocenters. The minimum Gasteiger partial charge on any atom is -0.399 e. The molecule has 0 atom stereocenters. The molecule has 0 N–H and O–H groups in total. The molecule has 7 rings (SSSR count). The van der Waals surface area contributed by atoms with E-state index in [9.17, 15) is 0 Å². The molecule has 42 heavy (non-hydrogen) atoms. The number of hydrogen-bond donors (Lipinski definition) is 0. The molecule has 0 amide bonds. The fraction of sp³-hybridized carbons (Fsp3) is 0.231. The quantitative estimate of drug-likeness (QED) is 0.208. The van der Waals surface area contributed by atoms with E-state index < -0.39 is 18.3 Å². The van der Waals surface area contributed by atoms with Crippen LogP contribution in [0.25, 0.3) is 44.5 Å². The Morgan fingerprint density at radius 1 is 0.429 bits per heavy atom. The van der Waals surface area contributed by atoms with Gasteiger partial charge in [-0.05, 0) is 101 Å². The predicted molar refractivity (Wildman–Crippen MR) is 176 cm³/mol. The van der Waals surface area contributed by atoms with Gasteiger partial charge < -0.3 is 9.31 Å². The van der Waals surface area contributed by atoms with E-state index in [-0.39, 0.29) is 5.41 Å². The molecular weight excluding hydrogens is 511 g/mol. The molecule has 2 aliphatic rings. The molecule has 1 aliphatic heterocycles. The van der Waals surface area contributed by atoms with Crippen LogP contribution in [-0.2, 0) is 14.7 Å². The van der Waals surface area contributed by atoms with Gasteiger partial charge in [-0.25, -0.2) is 0 Å². The van der Waals surface area contributed by atoms with E-state index in [4.69, 9.17) is 9.31 Å². The van der Waals surface area contributed by atoms with Crippen molar-refractivity contribution in [3.63, 3.8) is 0 Å². The van der Waals surface area contributed by atoms with Gasteiger partial charge in [0, 0.05) is 5.41 Å². The number of rotatable bonds is 4. The molecule has 0 radical (unpaired) electrons. The van der Waals surface area contributed by atoms with Crippen LogP contribution in [0.3, 0.4) is 0 Å². The van der Waals surface area contributed by atoms with Crippen molar-refractivity contribution in [1.82, 2.24) is 0 Å². The van der Waals surface area contributed by atoms with Crippen molar-refractivity contribution in [2.45, 2.75) is 58.2 Å². The second-order valence-corrected chi connectivity index (χ2v) is 13.3. The average molecular weight is 549 g/mol. The minimum atomic E-state index is -0.438. The van der Waals surface area contributed by atoms with Crippen molar-refractivity contribution in [3.05, 3.63) is 126 Å². The van der Waals surface area contributed by atoms with Crippen molar-refractivity contribution in [2.24, 2.45) is 0 Å². The van der Waals surface area contributed by atoms with Gasteiger partial charge in [-0.3, -0.25) is 0 Å². The molecule has 2 nitrogen and oxygen atoms in total. The van der Waals surface area contributed by atoms with Crippen LogP contribution in [0.2, 0.25) is 0 Å². The SMILES string of the molecule is CC1(C)c2ccccc2-c2ccc(-c3cc(B4OC(C)(C)C(C)(C)O4)cc(-c4ccc(-c5ccccc5)cc4)c3)cc21. The molecule has 1 fully saturated rings. The Bertz CT molecular complexity index is 1780. The fourth-order valence-electron chi connectivity index (χ4n) is 6.47. The summed E-state index contributed by atoms with van der Waals surface area (Å²) in [5.41, 5.74) is 12.7. The van der Waals surface area contributed by atoms with E-state index in [0.717, 1.165) is 11.0 Å². The van der Waals surface area contributed by atoms with Crippen molar-refractivity contribution >= 4 is 12.6 Å². The largest absolute Gasteiger partial charge is 0.494 e. The van der Waals surface area contributed by atoms with Gasteiger partial charge in [0.1, 0.15) is 0 Å². The van der Waals surface area contributed by atoms with Crippen LogP contribution in [0.5, 0.6) is 0 Å². The van der Waals surface area contributed by atoms with Gasteiger partial charge in [-0.2, -0.15) is 0 Å². The third-order valence-electron chi connectivity index (χ3n) is 9.72. The lowest BCUT2D eigenvalue weighted by atomic mass is 9.76. The minimum absolute atomic E-state index is 0.0542. The van der Waals surface area contributed by atoms with Gasteiger partial charge in [0.05, 0.1) is 11.2 Å². The fourth-order valence-corrected chi connectivity index (χ4v) is 6.47. The van der Waals surface area contributed by atoms with Crippen LogP contribution in [0.4, 0.5) is 0 Å². The summed E-state index contributed by atoms with van der Waals surface area (Å²) in [6.07, 6.45) is 0. The molecule has 0 bridgehead atoms. The first-order valence-electron chi connectivity index (χ1n) is 14.9. The van der Waals surface area contributed by atoms with Crippen LogP contribution in [0.15, 0.2) is 115 Å². The van der Waals surface area contributed by atoms with E-state index in [2.05, 4.69) is 157 Å². The van der Waals surface area contributed by atoms with Crippen LogP contribution in [-0.4, -0.2) is 18.3 Å². The normalized spacial score (nSPS) is 17.6. The summed E-state index contributed by atoms with van der Waals surface area (Å²) in [4.78, 5) is 0. The molecular formula is C39H37BO2. The maximum atomic E-state index is 6.54. The van der Waals surface area contributed by atoms with E-state index in [1.165, 1.54) is 50.1 Å². The third-order valence-corrected chi connectivity index (χ3v) is 9.72. The summed E-state index contributed by atoms with van der Waals surface area (Å²) in [6.45, 7) is 13.1. The highest BCUT2D eigenvalue weighted by Crippen LogP contribution is 2.49. The Balaban J connectivity index is 1.34. The highest BCUT2D eigenvalue weighted by atomic mass is 16.7. The summed E-state index contributed by atoms with van der Waals surface area (Å²) in [6, 6.07) is 41.9. The molecule has 1 aliphatic carbocycles. The lowest BCUT2D eigenvalue weighted by Crippen LogP contribution is -2.41. The van der Waals surface area contributed by atoms with Crippen molar-refractivity contribution < 1.29 is 9.31 Å². The number of hydrogen-bond acceptors (Lipinski definition) is 2. The summed E-state index contributed by atoms with van der Waals surface area (Å²) in [5, 5.41) is 0. The number of fused-ring (bicyclic) bond motifs is 3. The zero-order valence-electron chi connectivity index (χ0n) is 25.4. The van der Waals surface area contributed by atoms with Gasteiger partial charge in [-0.1, -0.05) is 117 Å². The Morgan fingerprint density at radius 2 is 0.929 bits per heavy atom. The second kappa shape index (κ2) is 9.56. The lowest BCUT2D eigenvalue weighted by molar-refractivity contribution is 0.00578. The van der Waals surface area contributed by atoms with Gasteiger partial charge >= 0.3 is 7.12 Å². The highest BCUT2D eigenvalue weighted by Gasteiger charge is 2.51. The van der Waals surface area contributed by atoms with Gasteiger partial charge in [0.15, 0.2) is 0 Å². The molecule has 1 saturated heterocycles. The molecule has 208 valence electrons. The first kappa shape index (κ1) is 27.0. The van der Waals surface area contributed by atoms with E-state index in [0.29, 0.717) is 0 Å². The van der Waals surface area contributed by atoms with Gasteiger partial charge in [0.2, 0.25) is 0 Å². The molecule has 3 heteroatoms. The van der Waals surface area contributed by atoms with E-state index in [1.54, 1.807) is 0 Å². The third kappa shape index (κ3) is 4.35. The summed E-state index contributed by atoms with van der Waals surface area (Å²) < 4.78 is 13.1. The Morgan fingerprint density at radius 3 is 1.60 bits per heavy atom. The van der Waals surface area contributed by atoms with Crippen molar-refractivity contribution in [1.29, 1.82) is 0 Å². The van der Waals surface area contributed by atoms with Crippen LogP contribution in [0.1, 0.15) is 52.7 Å². The summed E-state index contributed by atoms with van der Waals surface area (Å²) >= 11 is 0. The maximum Gasteiger partial charge on any atom is 0.494 e. The number of benzene rings is 5. The first-order chi connectivity index (χ1) is 20.0. The van der Waals surface area contributed by atoms with Crippen LogP contribution in [0, 0.1) is 0 Å². The monoisotopic (exact) mass is 548 g/mol. The zero-order chi connectivity index (χ0) is 29.3. The Labute approximate surface area is 250 Å². The zero-order valence-corrected chi connectivity index (χ0v) is 25.4. The van der Waals surface area contributed by atoms with Crippen molar-refractivity contribution in [2.75, 3.05) is 0 Å². The Hall–Kier alpha value is -3.92. The van der Waals surface area contributed by atoms with Gasteiger partial charge in [-0.15, -0.1) is 0 Å². The van der Waals surface area contributed by atoms with Gasteiger partial charge in [0.25, 0.3) is 0 Å². The Kier molecular flexibility index (Phi) is 6.13. The second-order valence-electron chi connectivity index (χ2n) is 13.3. The molecule has 1 heterocycles. The van der Waals surface area contributed by atoms with E-state index in [1.807, 2.05) is 0 Å². The summed E-state index contributed by atoms with van der Waals surface area (Å²) in [7, 11) is -0.438. The maximum absolute atomic E-state index is 6.54. The van der Waals surface area contributed by atoms with Crippen LogP contribution >= 0.6 is 0 Å². The molecule has 0 spiro atoms. The average Bonchev–Trinajstić information content (AvgIpc) is 3.37. The predicted octanol–water partition coefficient (Wildman–Crippen LogP) is 9.29. The lowest BCUT2D eigenvalue weighted by Gasteiger charge is -2.32.